The number of halogens is 5. The van der Waals surface area contributed by atoms with E-state index in [9.17, 15) is 22.0 Å². The van der Waals surface area contributed by atoms with Gasteiger partial charge in [0, 0.05) is 0 Å². The fourth-order valence-electron chi connectivity index (χ4n) is 1.15. The Labute approximate surface area is 86.5 Å². The molecular formula is C8BF5N2. The lowest BCUT2D eigenvalue weighted by Crippen LogP contribution is -2.18. The van der Waals surface area contributed by atoms with E-state index in [0.717, 1.165) is 0 Å². The third-order valence-corrected chi connectivity index (χ3v) is 1.90. The van der Waals surface area contributed by atoms with Gasteiger partial charge in [0.05, 0.1) is 0 Å². The van der Waals surface area contributed by atoms with Crippen molar-refractivity contribution in [1.82, 2.24) is 9.97 Å². The third-order valence-electron chi connectivity index (χ3n) is 1.90. The molecule has 1 aromatic carbocycles. The van der Waals surface area contributed by atoms with E-state index in [1.54, 1.807) is 0 Å². The Morgan fingerprint density at radius 3 is 1.62 bits per heavy atom. The van der Waals surface area contributed by atoms with Gasteiger partial charge in [0.15, 0.2) is 11.6 Å². The first kappa shape index (κ1) is 10.8. The Morgan fingerprint density at radius 2 is 1.12 bits per heavy atom. The Kier molecular flexibility index (Phi) is 2.29. The molecule has 1 aromatic heterocycles. The van der Waals surface area contributed by atoms with Crippen LogP contribution in [-0.4, -0.2) is 17.8 Å². The van der Waals surface area contributed by atoms with Gasteiger partial charge in [-0.1, -0.05) is 0 Å². The summed E-state index contributed by atoms with van der Waals surface area (Å²) >= 11 is 0. The van der Waals surface area contributed by atoms with Crippen molar-refractivity contribution in [3.05, 3.63) is 29.3 Å². The molecule has 8 heteroatoms. The van der Waals surface area contributed by atoms with Gasteiger partial charge < -0.3 is 0 Å². The molecule has 0 aliphatic rings. The minimum Gasteiger partial charge on any atom is -0.211 e. The Balaban J connectivity index is 3.02. The van der Waals surface area contributed by atoms with Crippen LogP contribution in [0.2, 0.25) is 0 Å². The zero-order chi connectivity index (χ0) is 12.0. The lowest BCUT2D eigenvalue weighted by molar-refractivity contribution is 0.452. The van der Waals surface area contributed by atoms with Crippen LogP contribution in [0.4, 0.5) is 22.0 Å². The second-order valence-electron chi connectivity index (χ2n) is 2.86. The molecule has 0 aliphatic heterocycles. The molecule has 0 N–H and O–H groups in total. The van der Waals surface area contributed by atoms with Gasteiger partial charge in [-0.05, 0) is 5.46 Å². The maximum absolute atomic E-state index is 13.2. The monoisotopic (exact) mass is 230 g/mol. The SMILES string of the molecule is [B]c1c(F)c(F)c2nc(F)c(F)nc2c1F. The Hall–Kier alpha value is -1.73. The molecule has 0 amide bonds. The van der Waals surface area contributed by atoms with Crippen LogP contribution in [0.15, 0.2) is 0 Å². The maximum Gasteiger partial charge on any atom is 0.269 e. The Morgan fingerprint density at radius 1 is 0.688 bits per heavy atom. The van der Waals surface area contributed by atoms with E-state index < -0.39 is 45.8 Å². The van der Waals surface area contributed by atoms with Crippen LogP contribution in [0.5, 0.6) is 0 Å². The van der Waals surface area contributed by atoms with Crippen LogP contribution in [0.3, 0.4) is 0 Å². The number of nitrogens with zero attached hydrogens (tertiary/aromatic N) is 2. The van der Waals surface area contributed by atoms with Crippen molar-refractivity contribution in [3.63, 3.8) is 0 Å². The van der Waals surface area contributed by atoms with Crippen LogP contribution in [-0.2, 0) is 0 Å². The molecular weight excluding hydrogens is 230 g/mol. The summed E-state index contributed by atoms with van der Waals surface area (Å²) in [6, 6.07) is 0. The highest BCUT2D eigenvalue weighted by Gasteiger charge is 2.21. The Bertz CT molecular complexity index is 548. The van der Waals surface area contributed by atoms with Crippen LogP contribution in [0, 0.1) is 29.3 Å². The van der Waals surface area contributed by atoms with Gasteiger partial charge in [-0.15, -0.1) is 0 Å². The molecule has 2 radical (unpaired) electrons. The summed E-state index contributed by atoms with van der Waals surface area (Å²) in [5, 5.41) is 0. The van der Waals surface area contributed by atoms with Crippen molar-refractivity contribution in [1.29, 1.82) is 0 Å². The normalized spacial score (nSPS) is 11.1. The van der Waals surface area contributed by atoms with Crippen LogP contribution < -0.4 is 5.46 Å². The molecule has 80 valence electrons. The standard InChI is InChI=1S/C8BF5N2/c9-1-2(10)4(12)6-5(3(1)11)15-7(13)8(14)16-6. The molecule has 2 rings (SSSR count). The first-order chi connectivity index (χ1) is 7.43. The van der Waals surface area contributed by atoms with Gasteiger partial charge in [-0.3, -0.25) is 0 Å². The largest absolute Gasteiger partial charge is 0.269 e. The van der Waals surface area contributed by atoms with Gasteiger partial charge in [0.25, 0.3) is 11.9 Å². The number of hydrogen-bond donors (Lipinski definition) is 0. The van der Waals surface area contributed by atoms with Crippen molar-refractivity contribution in [2.24, 2.45) is 0 Å². The molecule has 0 bridgehead atoms. The average molecular weight is 230 g/mol. The van der Waals surface area contributed by atoms with Crippen molar-refractivity contribution in [2.75, 3.05) is 0 Å². The van der Waals surface area contributed by atoms with Gasteiger partial charge in [-0.2, -0.15) is 8.78 Å². The number of hydrogen-bond acceptors (Lipinski definition) is 2. The van der Waals surface area contributed by atoms with Crippen molar-refractivity contribution in [3.8, 4) is 0 Å². The smallest absolute Gasteiger partial charge is 0.211 e. The molecule has 2 nitrogen and oxygen atoms in total. The highest BCUT2D eigenvalue weighted by molar-refractivity contribution is 6.33. The van der Waals surface area contributed by atoms with E-state index in [-0.39, 0.29) is 0 Å². The molecule has 2 aromatic rings. The molecule has 0 saturated heterocycles. The van der Waals surface area contributed by atoms with Gasteiger partial charge in [0.1, 0.15) is 24.7 Å². The maximum atomic E-state index is 13.2. The quantitative estimate of drug-likeness (QED) is 0.385. The fourth-order valence-corrected chi connectivity index (χ4v) is 1.15. The topological polar surface area (TPSA) is 25.8 Å². The summed E-state index contributed by atoms with van der Waals surface area (Å²) in [6.07, 6.45) is 0. The van der Waals surface area contributed by atoms with Gasteiger partial charge in [0.2, 0.25) is 0 Å². The number of fused-ring (bicyclic) bond motifs is 1. The highest BCUT2D eigenvalue weighted by atomic mass is 19.2. The summed E-state index contributed by atoms with van der Waals surface area (Å²) in [6.45, 7) is 0. The summed E-state index contributed by atoms with van der Waals surface area (Å²) < 4.78 is 64.5. The first-order valence-corrected chi connectivity index (χ1v) is 3.88. The van der Waals surface area contributed by atoms with E-state index >= 15 is 0 Å². The summed E-state index contributed by atoms with van der Waals surface area (Å²) in [7, 11) is 4.86. The first-order valence-electron chi connectivity index (χ1n) is 3.88. The van der Waals surface area contributed by atoms with E-state index in [0.29, 0.717) is 0 Å². The van der Waals surface area contributed by atoms with Crippen LogP contribution in [0.25, 0.3) is 11.0 Å². The van der Waals surface area contributed by atoms with E-state index in [2.05, 4.69) is 9.97 Å². The average Bonchev–Trinajstić information content (AvgIpc) is 2.26. The zero-order valence-electron chi connectivity index (χ0n) is 7.36. The minimum absolute atomic E-state index is 0.963. The minimum atomic E-state index is -1.75. The van der Waals surface area contributed by atoms with Gasteiger partial charge in [-0.25, -0.2) is 23.1 Å². The van der Waals surface area contributed by atoms with Crippen molar-refractivity contribution < 1.29 is 22.0 Å². The van der Waals surface area contributed by atoms with Crippen molar-refractivity contribution in [2.45, 2.75) is 0 Å². The van der Waals surface area contributed by atoms with Gasteiger partial charge >= 0.3 is 0 Å². The predicted molar refractivity (Wildman–Crippen MR) is 44.7 cm³/mol. The lowest BCUT2D eigenvalue weighted by Gasteiger charge is -2.05. The predicted octanol–water partition coefficient (Wildman–Crippen LogP) is 1.12. The number of rotatable bonds is 0. The molecule has 16 heavy (non-hydrogen) atoms. The molecule has 1 heterocycles. The molecule has 0 fully saturated rings. The van der Waals surface area contributed by atoms with E-state index in [4.69, 9.17) is 7.85 Å². The van der Waals surface area contributed by atoms with Crippen molar-refractivity contribution >= 4 is 24.3 Å². The highest BCUT2D eigenvalue weighted by Crippen LogP contribution is 2.19. The molecule has 0 atom stereocenters. The summed E-state index contributed by atoms with van der Waals surface area (Å²) in [5.74, 6) is -8.36. The third kappa shape index (κ3) is 1.33. The second-order valence-corrected chi connectivity index (χ2v) is 2.86. The molecule has 0 spiro atoms. The zero-order valence-corrected chi connectivity index (χ0v) is 7.36. The number of aromatic nitrogens is 2. The summed E-state index contributed by atoms with van der Waals surface area (Å²) in [5.41, 5.74) is -3.18. The fraction of sp³-hybridized carbons (Fsp3) is 0. The molecule has 0 unspecified atom stereocenters. The lowest BCUT2D eigenvalue weighted by atomic mass is 9.93. The number of benzene rings is 1. The molecule has 0 saturated carbocycles. The molecule has 0 aliphatic carbocycles. The van der Waals surface area contributed by atoms with E-state index in [1.165, 1.54) is 0 Å². The summed E-state index contributed by atoms with van der Waals surface area (Å²) in [4.78, 5) is 5.49. The van der Waals surface area contributed by atoms with Crippen LogP contribution >= 0.6 is 0 Å². The van der Waals surface area contributed by atoms with E-state index in [1.807, 2.05) is 0 Å². The second kappa shape index (κ2) is 3.39. The van der Waals surface area contributed by atoms with Crippen LogP contribution in [0.1, 0.15) is 0 Å².